The van der Waals surface area contributed by atoms with Crippen molar-refractivity contribution in [1.29, 1.82) is 0 Å². The maximum atomic E-state index is 13.1. The molecule has 0 saturated carbocycles. The zero-order valence-corrected chi connectivity index (χ0v) is 11.7. The highest BCUT2D eigenvalue weighted by atomic mass is 32.2. The van der Waals surface area contributed by atoms with Gasteiger partial charge in [-0.2, -0.15) is 4.31 Å². The minimum Gasteiger partial charge on any atom is -0.361 e. The Labute approximate surface area is 116 Å². The Bertz CT molecular complexity index is 755. The lowest BCUT2D eigenvalue weighted by Crippen LogP contribution is -2.35. The molecule has 2 aromatic rings. The van der Waals surface area contributed by atoms with Crippen LogP contribution in [0.2, 0.25) is 0 Å². The number of nitrogens with zero attached hydrogens (tertiary/aromatic N) is 2. The fourth-order valence-electron chi connectivity index (χ4n) is 2.36. The quantitative estimate of drug-likeness (QED) is 0.848. The first-order chi connectivity index (χ1) is 9.48. The molecule has 7 heteroatoms. The third-order valence-corrected chi connectivity index (χ3v) is 5.42. The summed E-state index contributed by atoms with van der Waals surface area (Å²) in [5, 5.41) is 3.68. The van der Waals surface area contributed by atoms with Crippen molar-refractivity contribution in [2.24, 2.45) is 0 Å². The zero-order valence-electron chi connectivity index (χ0n) is 10.8. The molecule has 20 heavy (non-hydrogen) atoms. The summed E-state index contributed by atoms with van der Waals surface area (Å²) < 4.78 is 44.7. The molecular formula is C13H13FN2O3S. The highest BCUT2D eigenvalue weighted by Crippen LogP contribution is 2.26. The molecule has 0 spiro atoms. The van der Waals surface area contributed by atoms with Gasteiger partial charge in [-0.1, -0.05) is 5.16 Å². The van der Waals surface area contributed by atoms with E-state index < -0.39 is 15.8 Å². The highest BCUT2D eigenvalue weighted by molar-refractivity contribution is 7.89. The Morgan fingerprint density at radius 3 is 2.95 bits per heavy atom. The first-order valence-corrected chi connectivity index (χ1v) is 7.61. The maximum absolute atomic E-state index is 13.1. The SMILES string of the molecule is Cc1cc(F)ccc1S(=O)(=O)N1CCc2oncc2C1. The van der Waals surface area contributed by atoms with Crippen molar-refractivity contribution >= 4 is 10.0 Å². The maximum Gasteiger partial charge on any atom is 0.243 e. The average Bonchev–Trinajstić information content (AvgIpc) is 2.85. The van der Waals surface area contributed by atoms with E-state index in [0.29, 0.717) is 18.5 Å². The first-order valence-electron chi connectivity index (χ1n) is 6.17. The molecule has 1 aliphatic rings. The Balaban J connectivity index is 1.97. The molecule has 1 aromatic carbocycles. The summed E-state index contributed by atoms with van der Waals surface area (Å²) >= 11 is 0. The van der Waals surface area contributed by atoms with Crippen molar-refractivity contribution < 1.29 is 17.3 Å². The van der Waals surface area contributed by atoms with Gasteiger partial charge in [0.25, 0.3) is 0 Å². The van der Waals surface area contributed by atoms with Crippen LogP contribution in [0.5, 0.6) is 0 Å². The molecule has 0 radical (unpaired) electrons. The standard InChI is InChI=1S/C13H13FN2O3S/c1-9-6-11(14)2-3-13(9)20(17,18)16-5-4-12-10(8-16)7-15-19-12/h2-3,6-7H,4-5,8H2,1H3. The molecular weight excluding hydrogens is 283 g/mol. The predicted molar refractivity (Wildman–Crippen MR) is 68.9 cm³/mol. The monoisotopic (exact) mass is 296 g/mol. The second-order valence-electron chi connectivity index (χ2n) is 4.77. The molecule has 0 saturated heterocycles. The average molecular weight is 296 g/mol. The third-order valence-electron chi connectivity index (χ3n) is 3.42. The third kappa shape index (κ3) is 2.12. The molecule has 0 amide bonds. The second kappa shape index (κ2) is 4.68. The van der Waals surface area contributed by atoms with Gasteiger partial charge in [0.2, 0.25) is 10.0 Å². The molecule has 0 bridgehead atoms. The van der Waals surface area contributed by atoms with Crippen LogP contribution < -0.4 is 0 Å². The van der Waals surface area contributed by atoms with Crippen LogP contribution in [0.4, 0.5) is 4.39 Å². The lowest BCUT2D eigenvalue weighted by Gasteiger charge is -2.25. The Morgan fingerprint density at radius 2 is 2.20 bits per heavy atom. The van der Waals surface area contributed by atoms with Crippen LogP contribution in [-0.4, -0.2) is 24.4 Å². The van der Waals surface area contributed by atoms with Crippen LogP contribution >= 0.6 is 0 Å². The van der Waals surface area contributed by atoms with E-state index in [1.165, 1.54) is 22.6 Å². The Hall–Kier alpha value is -1.73. The van der Waals surface area contributed by atoms with Crippen molar-refractivity contribution in [3.8, 4) is 0 Å². The van der Waals surface area contributed by atoms with E-state index >= 15 is 0 Å². The van der Waals surface area contributed by atoms with Crippen molar-refractivity contribution in [1.82, 2.24) is 9.46 Å². The van der Waals surface area contributed by atoms with E-state index in [-0.39, 0.29) is 11.4 Å². The van der Waals surface area contributed by atoms with Crippen LogP contribution in [0.25, 0.3) is 0 Å². The number of benzene rings is 1. The van der Waals surface area contributed by atoms with Crippen molar-refractivity contribution in [2.45, 2.75) is 24.8 Å². The summed E-state index contributed by atoms with van der Waals surface area (Å²) in [5.74, 6) is 0.286. The van der Waals surface area contributed by atoms with Crippen LogP contribution in [0.15, 0.2) is 33.8 Å². The number of rotatable bonds is 2. The molecule has 0 fully saturated rings. The topological polar surface area (TPSA) is 63.4 Å². The van der Waals surface area contributed by atoms with Gasteiger partial charge in [0.05, 0.1) is 11.1 Å². The van der Waals surface area contributed by atoms with Crippen LogP contribution in [0.3, 0.4) is 0 Å². The minimum absolute atomic E-state index is 0.138. The van der Waals surface area contributed by atoms with Gasteiger partial charge in [0, 0.05) is 25.1 Å². The summed E-state index contributed by atoms with van der Waals surface area (Å²) in [4.78, 5) is 0.138. The van der Waals surface area contributed by atoms with Gasteiger partial charge in [-0.25, -0.2) is 12.8 Å². The summed E-state index contributed by atoms with van der Waals surface area (Å²) in [7, 11) is -3.63. The van der Waals surface area contributed by atoms with Gasteiger partial charge in [-0.3, -0.25) is 0 Å². The molecule has 0 N–H and O–H groups in total. The fourth-order valence-corrected chi connectivity index (χ4v) is 3.99. The lowest BCUT2D eigenvalue weighted by atomic mass is 10.1. The van der Waals surface area contributed by atoms with Gasteiger partial charge in [0.1, 0.15) is 11.6 Å². The molecule has 106 valence electrons. The van der Waals surface area contributed by atoms with Gasteiger partial charge in [-0.15, -0.1) is 0 Å². The van der Waals surface area contributed by atoms with E-state index in [2.05, 4.69) is 5.16 Å². The molecule has 1 aromatic heterocycles. The lowest BCUT2D eigenvalue weighted by molar-refractivity contribution is 0.331. The number of fused-ring (bicyclic) bond motifs is 1. The first kappa shape index (κ1) is 13.3. The fraction of sp³-hybridized carbons (Fsp3) is 0.308. The largest absolute Gasteiger partial charge is 0.361 e. The number of hydrogen-bond donors (Lipinski definition) is 0. The molecule has 0 unspecified atom stereocenters. The minimum atomic E-state index is -3.63. The van der Waals surface area contributed by atoms with Gasteiger partial charge in [0.15, 0.2) is 0 Å². The van der Waals surface area contributed by atoms with E-state index in [4.69, 9.17) is 4.52 Å². The molecule has 0 atom stereocenters. The van der Waals surface area contributed by atoms with Crippen LogP contribution in [-0.2, 0) is 23.0 Å². The van der Waals surface area contributed by atoms with Crippen molar-refractivity contribution in [3.63, 3.8) is 0 Å². The number of aromatic nitrogens is 1. The molecule has 5 nitrogen and oxygen atoms in total. The molecule has 0 aliphatic carbocycles. The smallest absolute Gasteiger partial charge is 0.243 e. The van der Waals surface area contributed by atoms with E-state index in [0.717, 1.165) is 17.4 Å². The number of halogens is 1. The van der Waals surface area contributed by atoms with Crippen LogP contribution in [0, 0.1) is 12.7 Å². The Morgan fingerprint density at radius 1 is 1.40 bits per heavy atom. The van der Waals surface area contributed by atoms with Crippen molar-refractivity contribution in [2.75, 3.05) is 6.54 Å². The Kier molecular flexibility index (Phi) is 3.10. The van der Waals surface area contributed by atoms with Gasteiger partial charge < -0.3 is 4.52 Å². The predicted octanol–water partition coefficient (Wildman–Crippen LogP) is 1.87. The number of sulfonamides is 1. The molecule has 3 rings (SSSR count). The normalized spacial score (nSPS) is 16.1. The molecule has 2 heterocycles. The second-order valence-corrected chi connectivity index (χ2v) is 6.68. The molecule has 1 aliphatic heterocycles. The zero-order chi connectivity index (χ0) is 14.3. The summed E-state index contributed by atoms with van der Waals surface area (Å²) in [6.45, 7) is 2.16. The van der Waals surface area contributed by atoms with E-state index in [1.807, 2.05) is 0 Å². The highest BCUT2D eigenvalue weighted by Gasteiger charge is 2.31. The van der Waals surface area contributed by atoms with Crippen molar-refractivity contribution in [3.05, 3.63) is 47.1 Å². The number of aryl methyl sites for hydroxylation is 1. The summed E-state index contributed by atoms with van der Waals surface area (Å²) in [5.41, 5.74) is 1.18. The summed E-state index contributed by atoms with van der Waals surface area (Å²) in [6.07, 6.45) is 2.03. The number of hydrogen-bond acceptors (Lipinski definition) is 4. The van der Waals surface area contributed by atoms with E-state index in [1.54, 1.807) is 6.92 Å². The van der Waals surface area contributed by atoms with Gasteiger partial charge in [-0.05, 0) is 30.7 Å². The van der Waals surface area contributed by atoms with E-state index in [9.17, 15) is 12.8 Å². The van der Waals surface area contributed by atoms with Gasteiger partial charge >= 0.3 is 0 Å². The summed E-state index contributed by atoms with van der Waals surface area (Å²) in [6, 6.07) is 3.69. The van der Waals surface area contributed by atoms with Crippen LogP contribution in [0.1, 0.15) is 16.9 Å².